The fourth-order valence-electron chi connectivity index (χ4n) is 13.6. The predicted octanol–water partition coefficient (Wildman–Crippen LogP) is 8.94. The number of carboxylic acid groups (broad SMARTS) is 1. The molecule has 5 fully saturated rings. The molecule has 278 valence electrons. The lowest BCUT2D eigenvalue weighted by Crippen LogP contribution is -2.67. The molecule has 0 aromatic carbocycles. The molecular weight excluding hydrogens is 614 g/mol. The molecule has 0 aliphatic heterocycles. The number of fused-ring (bicyclic) bond motifs is 7. The number of carboxylic acids is 1. The minimum atomic E-state index is -0.883. The average Bonchev–Trinajstić information content (AvgIpc) is 3.36. The van der Waals surface area contributed by atoms with Gasteiger partial charge in [0.05, 0.1) is 19.4 Å². The van der Waals surface area contributed by atoms with Gasteiger partial charge in [0.15, 0.2) is 0 Å². The van der Waals surface area contributed by atoms with E-state index in [4.69, 9.17) is 9.47 Å². The molecule has 0 radical (unpaired) electrons. The standard InChI is InChI=1S/C42H69NO6/c1-27(2)28-14-19-42(24-33(44)43(10)22-23-48-11)21-20-40(8)29(36(28)42)12-13-31-39(7)17-16-32(38(5,6)30(39)15-18-41(31,40)9)49-35(47)26-37(3,4)25-34(45)46/h28-32,36H,1,12-26H2,2-11H3,(H,45,46)/t28-,29+,30-,31+,32-,36+,39-,40+,41+,42+/m0/s1. The van der Waals surface area contributed by atoms with Crippen LogP contribution in [0.3, 0.4) is 0 Å². The number of hydrogen-bond donors (Lipinski definition) is 1. The number of hydrogen-bond acceptors (Lipinski definition) is 5. The van der Waals surface area contributed by atoms with E-state index < -0.39 is 11.4 Å². The lowest BCUT2D eigenvalue weighted by molar-refractivity contribution is -0.250. The van der Waals surface area contributed by atoms with Gasteiger partial charge in [0, 0.05) is 32.5 Å². The summed E-state index contributed by atoms with van der Waals surface area (Å²) in [5.74, 6) is 1.75. The third-order valence-electron chi connectivity index (χ3n) is 16.3. The average molecular weight is 684 g/mol. The molecule has 0 spiro atoms. The first-order chi connectivity index (χ1) is 22.7. The maximum atomic E-state index is 13.7. The highest BCUT2D eigenvalue weighted by atomic mass is 16.5. The van der Waals surface area contributed by atoms with Gasteiger partial charge in [-0.25, -0.2) is 0 Å². The Kier molecular flexibility index (Phi) is 10.4. The van der Waals surface area contributed by atoms with E-state index >= 15 is 0 Å². The number of amides is 1. The van der Waals surface area contributed by atoms with Crippen LogP contribution in [0.2, 0.25) is 0 Å². The second kappa shape index (κ2) is 13.3. The Labute approximate surface area is 297 Å². The normalized spacial score (nSPS) is 41.0. The molecule has 0 aromatic heterocycles. The van der Waals surface area contributed by atoms with Crippen molar-refractivity contribution in [2.45, 2.75) is 145 Å². The number of carbonyl (C=O) groups excluding carboxylic acids is 2. The zero-order valence-electron chi connectivity index (χ0n) is 32.7. The highest BCUT2D eigenvalue weighted by Crippen LogP contribution is 2.78. The Balaban J connectivity index is 1.38. The van der Waals surface area contributed by atoms with Crippen molar-refractivity contribution >= 4 is 17.8 Å². The summed E-state index contributed by atoms with van der Waals surface area (Å²) < 4.78 is 11.6. The summed E-state index contributed by atoms with van der Waals surface area (Å²) in [6.07, 6.45) is 11.9. The Bertz CT molecular complexity index is 1310. The van der Waals surface area contributed by atoms with E-state index in [0.29, 0.717) is 49.2 Å². The molecule has 0 heterocycles. The first kappa shape index (κ1) is 38.3. The van der Waals surface area contributed by atoms with Crippen LogP contribution in [-0.2, 0) is 23.9 Å². The fraction of sp³-hybridized carbons (Fsp3) is 0.881. The number of rotatable bonds is 11. The molecule has 0 unspecified atom stereocenters. The molecule has 5 rings (SSSR count). The quantitative estimate of drug-likeness (QED) is 0.173. The molecule has 1 amide bonds. The van der Waals surface area contributed by atoms with Crippen molar-refractivity contribution in [2.24, 2.45) is 62.1 Å². The van der Waals surface area contributed by atoms with Crippen molar-refractivity contribution in [3.05, 3.63) is 12.2 Å². The van der Waals surface area contributed by atoms with Gasteiger partial charge >= 0.3 is 11.9 Å². The van der Waals surface area contributed by atoms with Gasteiger partial charge in [0.25, 0.3) is 0 Å². The molecule has 0 aromatic rings. The summed E-state index contributed by atoms with van der Waals surface area (Å²) >= 11 is 0. The van der Waals surface area contributed by atoms with Gasteiger partial charge in [-0.15, -0.1) is 0 Å². The van der Waals surface area contributed by atoms with Crippen LogP contribution in [0.1, 0.15) is 139 Å². The molecule has 7 nitrogen and oxygen atoms in total. The highest BCUT2D eigenvalue weighted by Gasteiger charge is 2.71. The molecule has 5 aliphatic rings. The monoisotopic (exact) mass is 684 g/mol. The van der Waals surface area contributed by atoms with E-state index in [9.17, 15) is 19.5 Å². The van der Waals surface area contributed by atoms with Crippen molar-refractivity contribution in [3.8, 4) is 0 Å². The van der Waals surface area contributed by atoms with E-state index in [-0.39, 0.29) is 57.9 Å². The molecule has 1 N–H and O–H groups in total. The van der Waals surface area contributed by atoms with Crippen LogP contribution in [0.15, 0.2) is 12.2 Å². The Morgan fingerprint density at radius 2 is 1.57 bits per heavy atom. The number of ether oxygens (including phenoxy) is 2. The van der Waals surface area contributed by atoms with Crippen molar-refractivity contribution < 1.29 is 29.0 Å². The second-order valence-corrected chi connectivity index (χ2v) is 19.8. The zero-order chi connectivity index (χ0) is 36.4. The summed E-state index contributed by atoms with van der Waals surface area (Å²) in [5.41, 5.74) is 1.13. The minimum absolute atomic E-state index is 0.0479. The topological polar surface area (TPSA) is 93.1 Å². The zero-order valence-corrected chi connectivity index (χ0v) is 32.7. The summed E-state index contributed by atoms with van der Waals surface area (Å²) in [5, 5.41) is 9.33. The van der Waals surface area contributed by atoms with Crippen molar-refractivity contribution in [2.75, 3.05) is 27.3 Å². The number of allylic oxidation sites excluding steroid dienone is 1. The molecule has 7 heteroatoms. The summed E-state index contributed by atoms with van der Waals surface area (Å²) in [4.78, 5) is 40.2. The number of methoxy groups -OCH3 is 1. The van der Waals surface area contributed by atoms with Crippen molar-refractivity contribution in [1.29, 1.82) is 0 Å². The molecule has 49 heavy (non-hydrogen) atoms. The highest BCUT2D eigenvalue weighted by molar-refractivity contribution is 5.77. The van der Waals surface area contributed by atoms with E-state index in [0.717, 1.165) is 38.5 Å². The van der Waals surface area contributed by atoms with E-state index in [2.05, 4.69) is 48.1 Å². The number of esters is 1. The number of likely N-dealkylation sites (N-methyl/N-ethyl adjacent to an activating group) is 1. The molecule has 5 aliphatic carbocycles. The van der Waals surface area contributed by atoms with E-state index in [1.165, 1.54) is 31.3 Å². The van der Waals surface area contributed by atoms with Gasteiger partial charge in [-0.05, 0) is 128 Å². The van der Waals surface area contributed by atoms with Gasteiger partial charge in [-0.3, -0.25) is 14.4 Å². The van der Waals surface area contributed by atoms with Gasteiger partial charge < -0.3 is 19.5 Å². The summed E-state index contributed by atoms with van der Waals surface area (Å²) in [6, 6.07) is 0. The van der Waals surface area contributed by atoms with Crippen LogP contribution in [0, 0.1) is 62.1 Å². The maximum Gasteiger partial charge on any atom is 0.306 e. The molecule has 10 atom stereocenters. The number of nitrogens with zero attached hydrogens (tertiary/aromatic N) is 1. The van der Waals surface area contributed by atoms with E-state index in [1.54, 1.807) is 7.11 Å². The van der Waals surface area contributed by atoms with Gasteiger partial charge in [0.2, 0.25) is 5.91 Å². The van der Waals surface area contributed by atoms with E-state index in [1.807, 2.05) is 25.8 Å². The number of aliphatic carboxylic acids is 1. The van der Waals surface area contributed by atoms with Crippen molar-refractivity contribution in [1.82, 2.24) is 4.90 Å². The predicted molar refractivity (Wildman–Crippen MR) is 194 cm³/mol. The van der Waals surface area contributed by atoms with Crippen molar-refractivity contribution in [3.63, 3.8) is 0 Å². The van der Waals surface area contributed by atoms with Gasteiger partial charge in [0.1, 0.15) is 6.10 Å². The van der Waals surface area contributed by atoms with Crippen LogP contribution < -0.4 is 0 Å². The minimum Gasteiger partial charge on any atom is -0.481 e. The van der Waals surface area contributed by atoms with Gasteiger partial charge in [-0.1, -0.05) is 60.6 Å². The lowest BCUT2D eigenvalue weighted by Gasteiger charge is -2.73. The SMILES string of the molecule is C=C(C)[C@@H]1CC[C@]2(CC(=O)N(C)CCOC)CC[C@]3(C)[C@H](CC[C@@H]4[C@@]5(C)CC[C@H](OC(=O)CC(C)(C)CC(=O)O)C(C)(C)[C@@H]5CC[C@]43C)[C@@H]12. The molecule has 0 bridgehead atoms. The van der Waals surface area contributed by atoms with Crippen LogP contribution >= 0.6 is 0 Å². The van der Waals surface area contributed by atoms with Crippen LogP contribution in [-0.4, -0.2) is 61.3 Å². The van der Waals surface area contributed by atoms with Crippen LogP contribution in [0.5, 0.6) is 0 Å². The molecule has 5 saturated carbocycles. The smallest absolute Gasteiger partial charge is 0.306 e. The third-order valence-corrected chi connectivity index (χ3v) is 16.3. The van der Waals surface area contributed by atoms with Crippen LogP contribution in [0.25, 0.3) is 0 Å². The first-order valence-electron chi connectivity index (χ1n) is 19.5. The first-order valence-corrected chi connectivity index (χ1v) is 19.5. The molecule has 0 saturated heterocycles. The maximum absolute atomic E-state index is 13.7. The fourth-order valence-corrected chi connectivity index (χ4v) is 13.6. The lowest BCUT2D eigenvalue weighted by atomic mass is 9.32. The van der Waals surface area contributed by atoms with Gasteiger partial charge in [-0.2, -0.15) is 0 Å². The molecular formula is C42H69NO6. The van der Waals surface area contributed by atoms with Crippen LogP contribution in [0.4, 0.5) is 0 Å². The Hall–Kier alpha value is -1.89. The summed E-state index contributed by atoms with van der Waals surface area (Å²) in [6.45, 7) is 24.2. The second-order valence-electron chi connectivity index (χ2n) is 19.8. The third kappa shape index (κ3) is 6.43. The Morgan fingerprint density at radius 1 is 0.878 bits per heavy atom. The summed E-state index contributed by atoms with van der Waals surface area (Å²) in [7, 11) is 3.64. The Morgan fingerprint density at radius 3 is 2.20 bits per heavy atom. The number of carbonyl (C=O) groups is 3. The largest absolute Gasteiger partial charge is 0.481 e.